The average Bonchev–Trinajstić information content (AvgIpc) is 2.46. The topological polar surface area (TPSA) is 68.7 Å². The molecule has 0 spiro atoms. The minimum absolute atomic E-state index is 0.124. The number of nitrogens with zero attached hydrogens (tertiary/aromatic N) is 2. The maximum Gasteiger partial charge on any atom is 0.263 e. The molecule has 1 aromatic rings. The van der Waals surface area contributed by atoms with Gasteiger partial charge in [-0.1, -0.05) is 0 Å². The van der Waals surface area contributed by atoms with Gasteiger partial charge in [-0.25, -0.2) is 17.8 Å². The first-order valence-corrected chi connectivity index (χ1v) is 8.24. The molecule has 1 rings (SSSR count). The predicted octanol–water partition coefficient (Wildman–Crippen LogP) is 1.28. The third-order valence-corrected chi connectivity index (χ3v) is 4.52. The van der Waals surface area contributed by atoms with Gasteiger partial charge in [0.25, 0.3) is 10.0 Å². The number of rotatable bonds is 10. The molecule has 0 fully saturated rings. The smallest absolute Gasteiger partial charge is 0.263 e. The Morgan fingerprint density at radius 1 is 1.19 bits per heavy atom. The van der Waals surface area contributed by atoms with E-state index in [0.717, 1.165) is 10.4 Å². The molecule has 0 atom stereocenters. The summed E-state index contributed by atoms with van der Waals surface area (Å²) in [6, 6.07) is 2.42. The summed E-state index contributed by atoms with van der Waals surface area (Å²) in [6.45, 7) is 5.31. The Morgan fingerprint density at radius 2 is 1.76 bits per heavy atom. The third kappa shape index (κ3) is 5.31. The summed E-state index contributed by atoms with van der Waals surface area (Å²) in [5, 5.41) is -0.571. The molecule has 1 aromatic heterocycles. The van der Waals surface area contributed by atoms with Crippen LogP contribution in [0.15, 0.2) is 23.4 Å². The van der Waals surface area contributed by atoms with Gasteiger partial charge in [0.15, 0.2) is 5.82 Å². The molecule has 0 aliphatic rings. The van der Waals surface area contributed by atoms with Gasteiger partial charge in [-0.05, 0) is 26.0 Å². The van der Waals surface area contributed by atoms with Crippen molar-refractivity contribution < 1.29 is 22.3 Å². The van der Waals surface area contributed by atoms with Gasteiger partial charge in [-0.2, -0.15) is 4.31 Å². The molecule has 0 aromatic carbocycles. The molecule has 0 N–H and O–H groups in total. The van der Waals surface area contributed by atoms with Crippen molar-refractivity contribution in [1.29, 1.82) is 0 Å². The van der Waals surface area contributed by atoms with E-state index in [4.69, 9.17) is 9.47 Å². The Bertz CT molecular complexity index is 515. The maximum absolute atomic E-state index is 13.7. The number of aromatic nitrogens is 1. The van der Waals surface area contributed by atoms with Gasteiger partial charge in [0.05, 0.1) is 13.2 Å². The molecule has 0 amide bonds. The van der Waals surface area contributed by atoms with E-state index < -0.39 is 20.9 Å². The normalized spacial score (nSPS) is 12.0. The molecule has 21 heavy (non-hydrogen) atoms. The van der Waals surface area contributed by atoms with Crippen molar-refractivity contribution in [3.8, 4) is 0 Å². The van der Waals surface area contributed by atoms with E-state index in [1.807, 2.05) is 13.8 Å². The van der Waals surface area contributed by atoms with Gasteiger partial charge in [0.2, 0.25) is 5.03 Å². The lowest BCUT2D eigenvalue weighted by molar-refractivity contribution is 0.110. The highest BCUT2D eigenvalue weighted by atomic mass is 32.2. The van der Waals surface area contributed by atoms with Crippen LogP contribution in [0.1, 0.15) is 13.8 Å². The van der Waals surface area contributed by atoms with Crippen LogP contribution in [-0.2, 0) is 19.5 Å². The number of hydrogen-bond acceptors (Lipinski definition) is 5. The summed E-state index contributed by atoms with van der Waals surface area (Å²) in [6.07, 6.45) is 1.25. The van der Waals surface area contributed by atoms with E-state index in [2.05, 4.69) is 4.98 Å². The largest absolute Gasteiger partial charge is 0.380 e. The van der Waals surface area contributed by atoms with E-state index in [1.165, 1.54) is 12.3 Å². The zero-order chi connectivity index (χ0) is 15.7. The quantitative estimate of drug-likeness (QED) is 0.608. The molecular formula is C13H21FN2O4S. The van der Waals surface area contributed by atoms with Crippen LogP contribution in [0.25, 0.3) is 0 Å². The second-order valence-corrected chi connectivity index (χ2v) is 5.94. The third-order valence-electron chi connectivity index (χ3n) is 2.69. The van der Waals surface area contributed by atoms with Crippen molar-refractivity contribution in [3.63, 3.8) is 0 Å². The monoisotopic (exact) mass is 320 g/mol. The van der Waals surface area contributed by atoms with Crippen LogP contribution >= 0.6 is 0 Å². The first-order valence-electron chi connectivity index (χ1n) is 6.80. The highest BCUT2D eigenvalue weighted by molar-refractivity contribution is 7.89. The fourth-order valence-electron chi connectivity index (χ4n) is 1.66. The van der Waals surface area contributed by atoms with Crippen LogP contribution in [-0.4, -0.2) is 57.2 Å². The van der Waals surface area contributed by atoms with Crippen LogP contribution in [0.2, 0.25) is 0 Å². The Balaban J connectivity index is 2.90. The Morgan fingerprint density at radius 3 is 2.24 bits per heavy atom. The predicted molar refractivity (Wildman–Crippen MR) is 75.9 cm³/mol. The van der Waals surface area contributed by atoms with Gasteiger partial charge in [0.1, 0.15) is 0 Å². The van der Waals surface area contributed by atoms with E-state index in [-0.39, 0.29) is 26.3 Å². The molecule has 120 valence electrons. The molecule has 0 bridgehead atoms. The lowest BCUT2D eigenvalue weighted by Crippen LogP contribution is -2.37. The van der Waals surface area contributed by atoms with Gasteiger partial charge < -0.3 is 9.47 Å². The maximum atomic E-state index is 13.7. The van der Waals surface area contributed by atoms with Crippen molar-refractivity contribution in [2.75, 3.05) is 39.5 Å². The molecule has 0 aliphatic carbocycles. The number of sulfonamides is 1. The molecule has 0 saturated heterocycles. The number of ether oxygens (including phenoxy) is 2. The van der Waals surface area contributed by atoms with Crippen molar-refractivity contribution >= 4 is 10.0 Å². The summed E-state index contributed by atoms with van der Waals surface area (Å²) in [7, 11) is -4.01. The zero-order valence-electron chi connectivity index (χ0n) is 12.3. The zero-order valence-corrected chi connectivity index (χ0v) is 13.1. The van der Waals surface area contributed by atoms with E-state index in [1.54, 1.807) is 0 Å². The Kier molecular flexibility index (Phi) is 7.73. The van der Waals surface area contributed by atoms with E-state index in [9.17, 15) is 12.8 Å². The van der Waals surface area contributed by atoms with E-state index in [0.29, 0.717) is 13.2 Å². The second-order valence-electron chi connectivity index (χ2n) is 4.09. The number of halogens is 1. The molecule has 0 aliphatic heterocycles. The summed E-state index contributed by atoms with van der Waals surface area (Å²) >= 11 is 0. The average molecular weight is 320 g/mol. The van der Waals surface area contributed by atoms with Crippen molar-refractivity contribution in [2.24, 2.45) is 0 Å². The number of pyridine rings is 1. The van der Waals surface area contributed by atoms with E-state index >= 15 is 0 Å². The van der Waals surface area contributed by atoms with Gasteiger partial charge in [-0.15, -0.1) is 0 Å². The summed E-state index contributed by atoms with van der Waals surface area (Å²) < 4.78 is 50.1. The highest BCUT2D eigenvalue weighted by Crippen LogP contribution is 2.16. The Hall–Kier alpha value is -1.09. The molecule has 6 nitrogen and oxygen atoms in total. The molecule has 8 heteroatoms. The number of hydrogen-bond donors (Lipinski definition) is 0. The lowest BCUT2D eigenvalue weighted by atomic mass is 10.5. The van der Waals surface area contributed by atoms with Crippen LogP contribution in [0.3, 0.4) is 0 Å². The molecule has 0 unspecified atom stereocenters. The lowest BCUT2D eigenvalue weighted by Gasteiger charge is -2.21. The molecular weight excluding hydrogens is 299 g/mol. The molecule has 1 heterocycles. The first-order chi connectivity index (χ1) is 10.0. The van der Waals surface area contributed by atoms with Gasteiger partial charge >= 0.3 is 0 Å². The van der Waals surface area contributed by atoms with Crippen LogP contribution in [0.4, 0.5) is 4.39 Å². The SMILES string of the molecule is CCOCCN(CCOCC)S(=O)(=O)c1ncccc1F. The Labute approximate surface area is 124 Å². The molecule has 0 radical (unpaired) electrons. The minimum atomic E-state index is -4.01. The van der Waals surface area contributed by atoms with Crippen molar-refractivity contribution in [3.05, 3.63) is 24.1 Å². The van der Waals surface area contributed by atoms with Gasteiger partial charge in [0, 0.05) is 32.5 Å². The van der Waals surface area contributed by atoms with Crippen molar-refractivity contribution in [2.45, 2.75) is 18.9 Å². The fourth-order valence-corrected chi connectivity index (χ4v) is 3.04. The van der Waals surface area contributed by atoms with Gasteiger partial charge in [-0.3, -0.25) is 0 Å². The van der Waals surface area contributed by atoms with Crippen LogP contribution < -0.4 is 0 Å². The molecule has 0 saturated carbocycles. The summed E-state index contributed by atoms with van der Waals surface area (Å²) in [5.74, 6) is -0.865. The summed E-state index contributed by atoms with van der Waals surface area (Å²) in [4.78, 5) is 3.64. The van der Waals surface area contributed by atoms with Crippen LogP contribution in [0.5, 0.6) is 0 Å². The first kappa shape index (κ1) is 18.0. The fraction of sp³-hybridized carbons (Fsp3) is 0.615. The minimum Gasteiger partial charge on any atom is -0.380 e. The second kappa shape index (κ2) is 9.04. The standard InChI is InChI=1S/C13H21FN2O4S/c1-3-19-10-8-16(9-11-20-4-2)21(17,18)13-12(14)6-5-7-15-13/h5-7H,3-4,8-11H2,1-2H3. The highest BCUT2D eigenvalue weighted by Gasteiger charge is 2.28. The van der Waals surface area contributed by atoms with Crippen LogP contribution in [0, 0.1) is 5.82 Å². The summed E-state index contributed by atoms with van der Waals surface area (Å²) in [5.41, 5.74) is 0. The van der Waals surface area contributed by atoms with Crippen molar-refractivity contribution in [1.82, 2.24) is 9.29 Å².